The van der Waals surface area contributed by atoms with E-state index >= 15 is 0 Å². The summed E-state index contributed by atoms with van der Waals surface area (Å²) in [7, 11) is 0. The number of non-ortho nitro benzene ring substituents is 1. The molecule has 1 aliphatic carbocycles. The predicted octanol–water partition coefficient (Wildman–Crippen LogP) is 5.86. The first kappa shape index (κ1) is 20.9. The number of nitro groups is 1. The SMILES string of the molecule is C=C(C)CN(Cc1cc([N+](=O)[O-])ccc1Br)C1CCC(C(F)(F)F)CC1. The third-order valence-corrected chi connectivity index (χ3v) is 5.54. The average Bonchev–Trinajstić information content (AvgIpc) is 2.55. The van der Waals surface area contributed by atoms with Gasteiger partial charge in [-0.05, 0) is 44.2 Å². The van der Waals surface area contributed by atoms with Gasteiger partial charge in [0.25, 0.3) is 5.69 Å². The van der Waals surface area contributed by atoms with Gasteiger partial charge in [-0.25, -0.2) is 0 Å². The normalized spacial score (nSPS) is 21.0. The van der Waals surface area contributed by atoms with E-state index in [0.717, 1.165) is 15.6 Å². The van der Waals surface area contributed by atoms with Gasteiger partial charge in [0.1, 0.15) is 0 Å². The lowest BCUT2D eigenvalue weighted by Gasteiger charge is -2.37. The molecule has 0 bridgehead atoms. The summed E-state index contributed by atoms with van der Waals surface area (Å²) in [6.07, 6.45) is -2.96. The molecule has 0 saturated heterocycles. The Kier molecular flexibility index (Phi) is 6.85. The van der Waals surface area contributed by atoms with Gasteiger partial charge in [-0.3, -0.25) is 15.0 Å². The van der Waals surface area contributed by atoms with Crippen LogP contribution in [-0.2, 0) is 6.54 Å². The molecule has 4 nitrogen and oxygen atoms in total. The Hall–Kier alpha value is -1.41. The highest BCUT2D eigenvalue weighted by Crippen LogP contribution is 2.39. The fourth-order valence-electron chi connectivity index (χ4n) is 3.44. The summed E-state index contributed by atoms with van der Waals surface area (Å²) in [5.74, 6) is -1.23. The molecule has 1 saturated carbocycles. The Morgan fingerprint density at radius 2 is 1.96 bits per heavy atom. The van der Waals surface area contributed by atoms with Gasteiger partial charge >= 0.3 is 6.18 Å². The van der Waals surface area contributed by atoms with E-state index in [2.05, 4.69) is 27.4 Å². The highest BCUT2D eigenvalue weighted by Gasteiger charge is 2.42. The largest absolute Gasteiger partial charge is 0.391 e. The number of benzene rings is 1. The van der Waals surface area contributed by atoms with Crippen molar-refractivity contribution in [3.05, 3.63) is 50.5 Å². The fourth-order valence-corrected chi connectivity index (χ4v) is 3.82. The first-order valence-corrected chi connectivity index (χ1v) is 9.25. The van der Waals surface area contributed by atoms with Crippen molar-refractivity contribution in [1.29, 1.82) is 0 Å². The number of hydrogen-bond acceptors (Lipinski definition) is 3. The van der Waals surface area contributed by atoms with Crippen LogP contribution in [0.2, 0.25) is 0 Å². The van der Waals surface area contributed by atoms with Crippen molar-refractivity contribution < 1.29 is 18.1 Å². The van der Waals surface area contributed by atoms with Gasteiger partial charge in [0.2, 0.25) is 0 Å². The summed E-state index contributed by atoms with van der Waals surface area (Å²) in [4.78, 5) is 12.6. The second-order valence-electron chi connectivity index (χ2n) is 6.94. The van der Waals surface area contributed by atoms with Crippen molar-refractivity contribution in [2.24, 2.45) is 5.92 Å². The smallest absolute Gasteiger partial charge is 0.292 e. The predicted molar refractivity (Wildman–Crippen MR) is 97.8 cm³/mol. The Balaban J connectivity index is 2.15. The number of halogens is 4. The van der Waals surface area contributed by atoms with Crippen molar-refractivity contribution in [2.75, 3.05) is 6.54 Å². The van der Waals surface area contributed by atoms with Crippen LogP contribution in [0.15, 0.2) is 34.8 Å². The van der Waals surface area contributed by atoms with E-state index < -0.39 is 17.0 Å². The molecule has 1 fully saturated rings. The molecule has 144 valence electrons. The highest BCUT2D eigenvalue weighted by atomic mass is 79.9. The second kappa shape index (κ2) is 8.52. The molecule has 26 heavy (non-hydrogen) atoms. The molecule has 1 aromatic rings. The van der Waals surface area contributed by atoms with E-state index in [9.17, 15) is 23.3 Å². The first-order chi connectivity index (χ1) is 12.1. The van der Waals surface area contributed by atoms with Gasteiger partial charge < -0.3 is 0 Å². The van der Waals surface area contributed by atoms with E-state index in [1.54, 1.807) is 6.07 Å². The van der Waals surface area contributed by atoms with Gasteiger partial charge in [-0.1, -0.05) is 28.1 Å². The number of rotatable bonds is 6. The van der Waals surface area contributed by atoms with Crippen LogP contribution in [0.5, 0.6) is 0 Å². The maximum Gasteiger partial charge on any atom is 0.391 e. The van der Waals surface area contributed by atoms with Gasteiger partial charge in [-0.15, -0.1) is 0 Å². The Bertz CT molecular complexity index is 671. The van der Waals surface area contributed by atoms with Crippen molar-refractivity contribution >= 4 is 21.6 Å². The maximum atomic E-state index is 12.9. The monoisotopic (exact) mass is 434 g/mol. The molecule has 0 aliphatic heterocycles. The van der Waals surface area contributed by atoms with Crippen molar-refractivity contribution in [3.8, 4) is 0 Å². The summed E-state index contributed by atoms with van der Waals surface area (Å²) >= 11 is 3.41. The summed E-state index contributed by atoms with van der Waals surface area (Å²) in [5, 5.41) is 11.0. The standard InChI is InChI=1S/C18H22BrF3N2O2/c1-12(2)10-23(15-5-3-14(4-6-15)18(20,21)22)11-13-9-16(24(25)26)7-8-17(13)19/h7-9,14-15H,1,3-6,10-11H2,2H3. The van der Waals surface area contributed by atoms with Gasteiger partial charge in [0.05, 0.1) is 10.8 Å². The molecule has 0 heterocycles. The Morgan fingerprint density at radius 3 is 2.46 bits per heavy atom. The summed E-state index contributed by atoms with van der Waals surface area (Å²) < 4.78 is 39.5. The average molecular weight is 435 g/mol. The van der Waals surface area contributed by atoms with Crippen LogP contribution in [-0.4, -0.2) is 28.6 Å². The Labute approximate surface area is 159 Å². The van der Waals surface area contributed by atoms with Crippen LogP contribution >= 0.6 is 15.9 Å². The molecular formula is C18H22BrF3N2O2. The number of nitro benzene ring substituents is 1. The lowest BCUT2D eigenvalue weighted by Crippen LogP contribution is -2.40. The van der Waals surface area contributed by atoms with Crippen molar-refractivity contribution in [2.45, 2.75) is 51.4 Å². The van der Waals surface area contributed by atoms with E-state index in [1.807, 2.05) is 6.92 Å². The third kappa shape index (κ3) is 5.54. The number of alkyl halides is 3. The summed E-state index contributed by atoms with van der Waals surface area (Å²) in [6.45, 7) is 6.76. The zero-order chi connectivity index (χ0) is 19.5. The quantitative estimate of drug-likeness (QED) is 0.320. The van der Waals surface area contributed by atoms with Crippen LogP contribution in [0.4, 0.5) is 18.9 Å². The van der Waals surface area contributed by atoms with Crippen LogP contribution in [0.3, 0.4) is 0 Å². The second-order valence-corrected chi connectivity index (χ2v) is 7.80. The van der Waals surface area contributed by atoms with Crippen molar-refractivity contribution in [3.63, 3.8) is 0 Å². The van der Waals surface area contributed by atoms with E-state index in [-0.39, 0.29) is 24.6 Å². The van der Waals surface area contributed by atoms with Gasteiger partial charge in [0, 0.05) is 35.7 Å². The molecule has 0 radical (unpaired) electrons. The van der Waals surface area contributed by atoms with E-state index in [0.29, 0.717) is 25.9 Å². The minimum Gasteiger partial charge on any atom is -0.292 e. The summed E-state index contributed by atoms with van der Waals surface area (Å²) in [6, 6.07) is 4.58. The van der Waals surface area contributed by atoms with Crippen LogP contribution in [0, 0.1) is 16.0 Å². The minimum absolute atomic E-state index is 0.000690. The molecule has 0 spiro atoms. The topological polar surface area (TPSA) is 46.4 Å². The van der Waals surface area contributed by atoms with E-state index in [4.69, 9.17) is 0 Å². The maximum absolute atomic E-state index is 12.9. The third-order valence-electron chi connectivity index (χ3n) is 4.76. The number of hydrogen-bond donors (Lipinski definition) is 0. The molecule has 2 rings (SSSR count). The van der Waals surface area contributed by atoms with Crippen LogP contribution in [0.1, 0.15) is 38.2 Å². The van der Waals surface area contributed by atoms with Crippen molar-refractivity contribution in [1.82, 2.24) is 4.90 Å². The molecule has 0 unspecified atom stereocenters. The minimum atomic E-state index is -4.13. The fraction of sp³-hybridized carbons (Fsp3) is 0.556. The molecule has 0 aromatic heterocycles. The molecule has 0 N–H and O–H groups in total. The van der Waals surface area contributed by atoms with E-state index in [1.165, 1.54) is 12.1 Å². The molecular weight excluding hydrogens is 413 g/mol. The van der Waals surface area contributed by atoms with Crippen LogP contribution < -0.4 is 0 Å². The zero-order valence-corrected chi connectivity index (χ0v) is 16.1. The Morgan fingerprint density at radius 1 is 1.35 bits per heavy atom. The van der Waals surface area contributed by atoms with Crippen LogP contribution in [0.25, 0.3) is 0 Å². The molecule has 1 aromatic carbocycles. The lowest BCUT2D eigenvalue weighted by atomic mass is 9.84. The molecule has 0 atom stereocenters. The molecule has 8 heteroatoms. The number of nitrogens with zero attached hydrogens (tertiary/aromatic N) is 2. The molecule has 0 amide bonds. The molecule has 1 aliphatic rings. The van der Waals surface area contributed by atoms with Gasteiger partial charge in [0.15, 0.2) is 0 Å². The highest BCUT2D eigenvalue weighted by molar-refractivity contribution is 9.10. The zero-order valence-electron chi connectivity index (χ0n) is 14.6. The van der Waals surface area contributed by atoms with Gasteiger partial charge in [-0.2, -0.15) is 13.2 Å². The first-order valence-electron chi connectivity index (χ1n) is 8.46. The summed E-state index contributed by atoms with van der Waals surface area (Å²) in [5.41, 5.74) is 1.65. The lowest BCUT2D eigenvalue weighted by molar-refractivity contribution is -0.384.